The number of aliphatic hydroxyl groups is 1. The zero-order valence-electron chi connectivity index (χ0n) is 13.1. The highest BCUT2D eigenvalue weighted by Gasteiger charge is 2.34. The molecule has 0 bridgehead atoms. The Hall–Kier alpha value is -0.610. The summed E-state index contributed by atoms with van der Waals surface area (Å²) in [5.74, 6) is 1.32. The van der Waals surface area contributed by atoms with E-state index in [2.05, 4.69) is 10.2 Å². The van der Waals surface area contributed by atoms with Crippen LogP contribution < -0.4 is 5.32 Å². The number of hydrogen-bond acceptors (Lipinski definition) is 3. The molecular weight excluding hydrogens is 252 g/mol. The minimum atomic E-state index is -0.240. The van der Waals surface area contributed by atoms with E-state index in [0.717, 1.165) is 38.4 Å². The third-order valence-corrected chi connectivity index (χ3v) is 4.61. The molecule has 0 radical (unpaired) electrons. The predicted molar refractivity (Wildman–Crippen MR) is 80.3 cm³/mol. The number of carbonyl (C=O) groups excluding carboxylic acids is 1. The molecule has 0 spiro atoms. The van der Waals surface area contributed by atoms with E-state index in [0.29, 0.717) is 5.92 Å². The van der Waals surface area contributed by atoms with E-state index in [1.807, 2.05) is 20.8 Å². The summed E-state index contributed by atoms with van der Waals surface area (Å²) in [7, 11) is 0. The van der Waals surface area contributed by atoms with Crippen molar-refractivity contribution in [3.05, 3.63) is 0 Å². The van der Waals surface area contributed by atoms with Crippen molar-refractivity contribution >= 4 is 5.91 Å². The van der Waals surface area contributed by atoms with Crippen LogP contribution in [-0.2, 0) is 4.79 Å². The zero-order valence-corrected chi connectivity index (χ0v) is 13.1. The van der Waals surface area contributed by atoms with Crippen LogP contribution >= 0.6 is 0 Å². The van der Waals surface area contributed by atoms with E-state index in [4.69, 9.17) is 0 Å². The number of hydrogen-bond donors (Lipinski definition) is 2. The van der Waals surface area contributed by atoms with Gasteiger partial charge in [-0.1, -0.05) is 20.8 Å². The van der Waals surface area contributed by atoms with Gasteiger partial charge >= 0.3 is 0 Å². The fourth-order valence-electron chi connectivity index (χ4n) is 3.13. The average Bonchev–Trinajstić information content (AvgIpc) is 3.21. The molecule has 4 heteroatoms. The normalized spacial score (nSPS) is 29.4. The smallest absolute Gasteiger partial charge is 0.222 e. The lowest BCUT2D eigenvalue weighted by Crippen LogP contribution is -2.53. The summed E-state index contributed by atoms with van der Waals surface area (Å²) in [4.78, 5) is 14.4. The standard InChI is InChI=1S/C16H30N2O2/c1-4-15(19)13-7-14(17-16(20)11(2)3)10-18(9-13)8-12-5-6-12/h11-15,19H,4-10H2,1-3H3,(H,17,20). The second-order valence-corrected chi connectivity index (χ2v) is 6.99. The van der Waals surface area contributed by atoms with Crippen molar-refractivity contribution in [1.29, 1.82) is 0 Å². The Labute approximate surface area is 122 Å². The fourth-order valence-corrected chi connectivity index (χ4v) is 3.13. The van der Waals surface area contributed by atoms with Crippen LogP contribution in [0.25, 0.3) is 0 Å². The maximum atomic E-state index is 11.9. The highest BCUT2D eigenvalue weighted by atomic mass is 16.3. The maximum Gasteiger partial charge on any atom is 0.222 e. The van der Waals surface area contributed by atoms with Crippen molar-refractivity contribution in [2.24, 2.45) is 17.8 Å². The third kappa shape index (κ3) is 4.45. The molecule has 1 saturated carbocycles. The molecule has 0 aromatic heterocycles. The minimum Gasteiger partial charge on any atom is -0.393 e. The van der Waals surface area contributed by atoms with Gasteiger partial charge < -0.3 is 15.3 Å². The molecule has 0 aromatic carbocycles. The third-order valence-electron chi connectivity index (χ3n) is 4.61. The number of nitrogens with one attached hydrogen (secondary N) is 1. The molecular formula is C16H30N2O2. The lowest BCUT2D eigenvalue weighted by atomic mass is 9.88. The molecule has 0 aromatic rings. The number of piperidine rings is 1. The van der Waals surface area contributed by atoms with Gasteiger partial charge in [-0.25, -0.2) is 0 Å². The van der Waals surface area contributed by atoms with Crippen LogP contribution in [0.2, 0.25) is 0 Å². The molecule has 1 amide bonds. The summed E-state index contributed by atoms with van der Waals surface area (Å²) in [6, 6.07) is 0.198. The van der Waals surface area contributed by atoms with Crippen molar-refractivity contribution in [3.8, 4) is 0 Å². The number of nitrogens with zero attached hydrogens (tertiary/aromatic N) is 1. The van der Waals surface area contributed by atoms with E-state index in [1.165, 1.54) is 12.8 Å². The molecule has 20 heavy (non-hydrogen) atoms. The largest absolute Gasteiger partial charge is 0.393 e. The van der Waals surface area contributed by atoms with Gasteiger partial charge in [0.25, 0.3) is 0 Å². The molecule has 2 aliphatic rings. The zero-order chi connectivity index (χ0) is 14.7. The van der Waals surface area contributed by atoms with E-state index in [1.54, 1.807) is 0 Å². The molecule has 3 atom stereocenters. The van der Waals surface area contributed by atoms with Crippen molar-refractivity contribution in [2.45, 2.75) is 58.6 Å². The predicted octanol–water partition coefficient (Wildman–Crippen LogP) is 1.63. The van der Waals surface area contributed by atoms with Crippen molar-refractivity contribution in [3.63, 3.8) is 0 Å². The first-order valence-corrected chi connectivity index (χ1v) is 8.20. The van der Waals surface area contributed by atoms with Gasteiger partial charge in [0, 0.05) is 31.6 Å². The highest BCUT2D eigenvalue weighted by Crippen LogP contribution is 2.32. The van der Waals surface area contributed by atoms with Crippen LogP contribution in [0.3, 0.4) is 0 Å². The van der Waals surface area contributed by atoms with Gasteiger partial charge in [-0.05, 0) is 37.5 Å². The summed E-state index contributed by atoms with van der Waals surface area (Å²) in [6.07, 6.45) is 4.16. The second kappa shape index (κ2) is 6.90. The van der Waals surface area contributed by atoms with Gasteiger partial charge in [-0.15, -0.1) is 0 Å². The van der Waals surface area contributed by atoms with Crippen LogP contribution in [0.1, 0.15) is 46.5 Å². The Balaban J connectivity index is 1.93. The summed E-state index contributed by atoms with van der Waals surface area (Å²) >= 11 is 0. The van der Waals surface area contributed by atoms with Gasteiger partial charge in [0.2, 0.25) is 5.91 Å². The average molecular weight is 282 g/mol. The first kappa shape index (κ1) is 15.8. The first-order chi connectivity index (χ1) is 9.49. The number of amides is 1. The molecule has 1 saturated heterocycles. The quantitative estimate of drug-likeness (QED) is 0.778. The Morgan fingerprint density at radius 1 is 1.35 bits per heavy atom. The van der Waals surface area contributed by atoms with Crippen LogP contribution in [0.4, 0.5) is 0 Å². The molecule has 1 aliphatic carbocycles. The second-order valence-electron chi connectivity index (χ2n) is 6.99. The summed E-state index contributed by atoms with van der Waals surface area (Å²) < 4.78 is 0. The number of aliphatic hydroxyl groups excluding tert-OH is 1. The number of likely N-dealkylation sites (tertiary alicyclic amines) is 1. The number of rotatable bonds is 6. The Kier molecular flexibility index (Phi) is 5.44. The Morgan fingerprint density at radius 3 is 2.60 bits per heavy atom. The van der Waals surface area contributed by atoms with Crippen molar-refractivity contribution < 1.29 is 9.90 Å². The van der Waals surface area contributed by atoms with Crippen molar-refractivity contribution in [1.82, 2.24) is 10.2 Å². The summed E-state index contributed by atoms with van der Waals surface area (Å²) in [5, 5.41) is 13.3. The van der Waals surface area contributed by atoms with E-state index >= 15 is 0 Å². The fraction of sp³-hybridized carbons (Fsp3) is 0.938. The first-order valence-electron chi connectivity index (χ1n) is 8.20. The van der Waals surface area contributed by atoms with Crippen LogP contribution in [-0.4, -0.2) is 47.7 Å². The topological polar surface area (TPSA) is 52.6 Å². The molecule has 1 aliphatic heterocycles. The van der Waals surface area contributed by atoms with Crippen LogP contribution in [0.15, 0.2) is 0 Å². The van der Waals surface area contributed by atoms with Crippen LogP contribution in [0.5, 0.6) is 0 Å². The van der Waals surface area contributed by atoms with Gasteiger partial charge in [0.15, 0.2) is 0 Å². The number of carbonyl (C=O) groups is 1. The molecule has 2 N–H and O–H groups in total. The van der Waals surface area contributed by atoms with E-state index in [9.17, 15) is 9.90 Å². The molecule has 2 rings (SSSR count). The molecule has 1 heterocycles. The van der Waals surface area contributed by atoms with Crippen molar-refractivity contribution in [2.75, 3.05) is 19.6 Å². The van der Waals surface area contributed by atoms with Gasteiger partial charge in [-0.3, -0.25) is 4.79 Å². The van der Waals surface area contributed by atoms with E-state index < -0.39 is 0 Å². The molecule has 4 nitrogen and oxygen atoms in total. The van der Waals surface area contributed by atoms with Crippen LogP contribution in [0, 0.1) is 17.8 Å². The summed E-state index contributed by atoms with van der Waals surface area (Å²) in [6.45, 7) is 8.96. The minimum absolute atomic E-state index is 0.0309. The highest BCUT2D eigenvalue weighted by molar-refractivity contribution is 5.78. The van der Waals surface area contributed by atoms with Gasteiger partial charge in [-0.2, -0.15) is 0 Å². The lowest BCUT2D eigenvalue weighted by molar-refractivity contribution is -0.125. The van der Waals surface area contributed by atoms with E-state index in [-0.39, 0.29) is 24.0 Å². The lowest BCUT2D eigenvalue weighted by Gasteiger charge is -2.40. The van der Waals surface area contributed by atoms with Gasteiger partial charge in [0.1, 0.15) is 0 Å². The molecule has 2 fully saturated rings. The maximum absolute atomic E-state index is 11.9. The Bertz CT molecular complexity index is 328. The molecule has 116 valence electrons. The summed E-state index contributed by atoms with van der Waals surface area (Å²) in [5.41, 5.74) is 0. The Morgan fingerprint density at radius 2 is 2.05 bits per heavy atom. The van der Waals surface area contributed by atoms with Gasteiger partial charge in [0.05, 0.1) is 6.10 Å². The monoisotopic (exact) mass is 282 g/mol. The molecule has 3 unspecified atom stereocenters. The SMILES string of the molecule is CCC(O)C1CC(NC(=O)C(C)C)CN(CC2CC2)C1.